The average Bonchev–Trinajstić information content (AvgIpc) is 3.89. The highest BCUT2D eigenvalue weighted by Crippen LogP contribution is 2.29. The van der Waals surface area contributed by atoms with Crippen molar-refractivity contribution < 1.29 is 24.3 Å². The fourth-order valence-corrected chi connectivity index (χ4v) is 7.26. The van der Waals surface area contributed by atoms with Gasteiger partial charge in [0.15, 0.2) is 5.82 Å². The first-order valence-corrected chi connectivity index (χ1v) is 20.9. The smallest absolute Gasteiger partial charge is 0.308 e. The van der Waals surface area contributed by atoms with Crippen molar-refractivity contribution in [3.05, 3.63) is 132 Å². The molecule has 2 unspecified atom stereocenters. The van der Waals surface area contributed by atoms with E-state index in [-0.39, 0.29) is 36.1 Å². The van der Waals surface area contributed by atoms with Gasteiger partial charge in [0.05, 0.1) is 34.6 Å². The number of aliphatic carboxylic acids is 1. The molecule has 2 atom stereocenters. The first-order valence-electron chi connectivity index (χ1n) is 20.9. The lowest BCUT2D eigenvalue weighted by Gasteiger charge is -2.20. The number of hydrogen-bond acceptors (Lipinski definition) is 7. The van der Waals surface area contributed by atoms with Crippen LogP contribution in [0.4, 0.5) is 11.6 Å². The van der Waals surface area contributed by atoms with Crippen LogP contribution in [0.5, 0.6) is 0 Å². The third-order valence-corrected chi connectivity index (χ3v) is 10.5. The zero-order valence-corrected chi connectivity index (χ0v) is 34.7. The van der Waals surface area contributed by atoms with Gasteiger partial charge in [-0.05, 0) is 73.2 Å². The molecule has 13 heteroatoms. The lowest BCUT2D eigenvalue weighted by molar-refractivity contribution is -0.143. The molecule has 316 valence electrons. The quantitative estimate of drug-likeness (QED) is 0.0883. The first-order chi connectivity index (χ1) is 29.6. The van der Waals surface area contributed by atoms with E-state index in [1.54, 1.807) is 0 Å². The van der Waals surface area contributed by atoms with Crippen molar-refractivity contribution in [3.8, 4) is 33.9 Å². The third kappa shape index (κ3) is 12.0. The van der Waals surface area contributed by atoms with Crippen molar-refractivity contribution in [1.82, 2.24) is 30.2 Å². The Labute approximate surface area is 356 Å². The number of carboxylic acids is 1. The summed E-state index contributed by atoms with van der Waals surface area (Å²) in [5.74, 6) is -0.539. The maximum Gasteiger partial charge on any atom is 0.308 e. The Kier molecular flexibility index (Phi) is 15.2. The number of amides is 3. The van der Waals surface area contributed by atoms with Crippen LogP contribution in [0.15, 0.2) is 121 Å². The summed E-state index contributed by atoms with van der Waals surface area (Å²) in [6, 6.07) is 40.8. The summed E-state index contributed by atoms with van der Waals surface area (Å²) in [6.45, 7) is 5.02. The van der Waals surface area contributed by atoms with Gasteiger partial charge in [0, 0.05) is 49.2 Å². The van der Waals surface area contributed by atoms with Crippen LogP contribution < -0.4 is 21.7 Å². The molecule has 0 spiro atoms. The third-order valence-electron chi connectivity index (χ3n) is 10.5. The molecule has 6 N–H and O–H groups in total. The molecule has 2 aromatic heterocycles. The number of rotatable bonds is 11. The predicted molar refractivity (Wildman–Crippen MR) is 238 cm³/mol. The number of anilines is 2. The molecule has 4 heterocycles. The van der Waals surface area contributed by atoms with Crippen molar-refractivity contribution >= 4 is 35.3 Å². The lowest BCUT2D eigenvalue weighted by atomic mass is 9.98. The minimum absolute atomic E-state index is 0.00153. The number of carboxylic acid groups (broad SMARTS) is 1. The Morgan fingerprint density at radius 1 is 0.672 bits per heavy atom. The number of nitrogen functional groups attached to an aromatic ring is 1. The Hall–Kier alpha value is -7.02. The number of aromatic nitrogens is 4. The Morgan fingerprint density at radius 3 is 1.64 bits per heavy atom. The number of nitrogens with one attached hydrogen (secondary N) is 3. The molecule has 0 saturated carbocycles. The summed E-state index contributed by atoms with van der Waals surface area (Å²) in [7, 11) is 0. The minimum atomic E-state index is -0.819. The second-order valence-corrected chi connectivity index (χ2v) is 15.2. The second kappa shape index (κ2) is 21.3. The normalized spacial score (nSPS) is 15.8. The zero-order chi connectivity index (χ0) is 43.1. The maximum absolute atomic E-state index is 12.7. The molecule has 4 aromatic carbocycles. The SMILES string of the molecule is CCCc1cccc(-c2cc(N)nn2-c2ccccc2)c1.CCCc1cccc(-c2cc(NC(=O)C3CCC(=O)NC3)nn2-c2ccccc2)c1.O=C1CCC(C(=O)O)CN1. The summed E-state index contributed by atoms with van der Waals surface area (Å²) < 4.78 is 3.77. The standard InChI is InChI=1S/C24H26N4O2.C18H19N3.C6H9NO3/c1-2-7-17-8-6-9-18(14-17)21-15-22(27-28(21)20-10-4-3-5-11-20)26-24(30)19-12-13-23(29)25-16-19;1-2-7-14-8-6-9-15(12-14)17-13-18(19)20-21(17)16-10-4-3-5-11-16;8-5-2-1-4(3-7-5)6(9)10/h3-6,8-11,14-15,19H,2,7,12-13,16H2,1H3,(H,25,29)(H,26,27,30);3-6,8-13H,2,7H2,1H3,(H2,19,20);4H,1-3H2,(H,7,8)(H,9,10). The molecule has 8 rings (SSSR count). The molecule has 0 radical (unpaired) electrons. The number of piperidine rings is 2. The van der Waals surface area contributed by atoms with Crippen LogP contribution in [0.25, 0.3) is 33.9 Å². The lowest BCUT2D eigenvalue weighted by Crippen LogP contribution is -2.40. The number of benzene rings is 4. The van der Waals surface area contributed by atoms with Gasteiger partial charge in [0.25, 0.3) is 0 Å². The first kappa shape index (κ1) is 43.6. The molecule has 2 aliphatic rings. The molecule has 6 aromatic rings. The van der Waals surface area contributed by atoms with E-state index in [1.807, 2.05) is 82.2 Å². The van der Waals surface area contributed by atoms with Gasteiger partial charge in [-0.25, -0.2) is 9.36 Å². The van der Waals surface area contributed by atoms with E-state index >= 15 is 0 Å². The van der Waals surface area contributed by atoms with E-state index in [0.717, 1.165) is 59.6 Å². The molecule has 0 bridgehead atoms. The van der Waals surface area contributed by atoms with Gasteiger partial charge in [-0.15, -0.1) is 5.10 Å². The number of nitrogens with two attached hydrogens (primary N) is 1. The summed E-state index contributed by atoms with van der Waals surface area (Å²) in [6.07, 6.45) is 6.09. The number of hydrogen-bond donors (Lipinski definition) is 5. The molecule has 0 aliphatic carbocycles. The molecule has 3 amide bonds. The monoisotopic (exact) mass is 822 g/mol. The largest absolute Gasteiger partial charge is 0.481 e. The molecule has 2 aliphatic heterocycles. The van der Waals surface area contributed by atoms with E-state index < -0.39 is 5.97 Å². The Morgan fingerprint density at radius 2 is 1.16 bits per heavy atom. The van der Waals surface area contributed by atoms with Crippen LogP contribution in [0.3, 0.4) is 0 Å². The van der Waals surface area contributed by atoms with Gasteiger partial charge in [-0.2, -0.15) is 5.10 Å². The fourth-order valence-electron chi connectivity index (χ4n) is 7.26. The van der Waals surface area contributed by atoms with Crippen LogP contribution in [-0.2, 0) is 32.0 Å². The second-order valence-electron chi connectivity index (χ2n) is 15.2. The van der Waals surface area contributed by atoms with Crippen molar-refractivity contribution in [3.63, 3.8) is 0 Å². The van der Waals surface area contributed by atoms with Gasteiger partial charge < -0.3 is 26.8 Å². The van der Waals surface area contributed by atoms with Gasteiger partial charge in [-0.1, -0.05) is 99.5 Å². The number of nitrogens with zero attached hydrogens (tertiary/aromatic N) is 4. The molecule has 2 saturated heterocycles. The van der Waals surface area contributed by atoms with E-state index in [9.17, 15) is 19.2 Å². The minimum Gasteiger partial charge on any atom is -0.481 e. The van der Waals surface area contributed by atoms with Crippen molar-refractivity contribution in [1.29, 1.82) is 0 Å². The summed E-state index contributed by atoms with van der Waals surface area (Å²) in [4.78, 5) is 44.9. The van der Waals surface area contributed by atoms with Crippen LogP contribution >= 0.6 is 0 Å². The number of para-hydroxylation sites is 2. The van der Waals surface area contributed by atoms with Crippen LogP contribution in [0.1, 0.15) is 63.5 Å². The fraction of sp³-hybridized carbons (Fsp3) is 0.292. The topological polar surface area (TPSA) is 186 Å². The Bertz CT molecular complexity index is 2390. The molecule has 2 fully saturated rings. The number of carbonyl (C=O) groups excluding carboxylic acids is 3. The summed E-state index contributed by atoms with van der Waals surface area (Å²) in [5, 5.41) is 25.8. The van der Waals surface area contributed by atoms with E-state index in [2.05, 4.69) is 88.5 Å². The van der Waals surface area contributed by atoms with Crippen molar-refractivity contribution in [2.45, 2.75) is 65.2 Å². The van der Waals surface area contributed by atoms with Crippen LogP contribution in [0.2, 0.25) is 0 Å². The molecule has 61 heavy (non-hydrogen) atoms. The van der Waals surface area contributed by atoms with E-state index in [4.69, 9.17) is 10.8 Å². The van der Waals surface area contributed by atoms with Crippen LogP contribution in [0, 0.1) is 11.8 Å². The molecule has 13 nitrogen and oxygen atoms in total. The van der Waals surface area contributed by atoms with E-state index in [1.165, 1.54) is 11.1 Å². The van der Waals surface area contributed by atoms with Crippen LogP contribution in [-0.4, -0.2) is 61.4 Å². The number of aryl methyl sites for hydroxylation is 2. The van der Waals surface area contributed by atoms with E-state index in [0.29, 0.717) is 43.9 Å². The van der Waals surface area contributed by atoms with Gasteiger partial charge in [-0.3, -0.25) is 19.2 Å². The highest BCUT2D eigenvalue weighted by Gasteiger charge is 2.26. The molecular weight excluding hydrogens is 769 g/mol. The van der Waals surface area contributed by atoms with Crippen molar-refractivity contribution in [2.24, 2.45) is 11.8 Å². The highest BCUT2D eigenvalue weighted by molar-refractivity contribution is 5.94. The van der Waals surface area contributed by atoms with Gasteiger partial charge >= 0.3 is 5.97 Å². The Balaban J connectivity index is 0.000000173. The number of carbonyl (C=O) groups is 4. The predicted octanol–water partition coefficient (Wildman–Crippen LogP) is 7.63. The van der Waals surface area contributed by atoms with Gasteiger partial charge in [0.1, 0.15) is 5.82 Å². The highest BCUT2D eigenvalue weighted by atomic mass is 16.4. The van der Waals surface area contributed by atoms with Crippen molar-refractivity contribution in [2.75, 3.05) is 24.1 Å². The summed E-state index contributed by atoms with van der Waals surface area (Å²) in [5.41, 5.74) is 14.6. The summed E-state index contributed by atoms with van der Waals surface area (Å²) >= 11 is 0. The molecular formula is C48H54N8O5. The zero-order valence-electron chi connectivity index (χ0n) is 34.7. The van der Waals surface area contributed by atoms with Gasteiger partial charge in [0.2, 0.25) is 17.7 Å². The maximum atomic E-state index is 12.7. The average molecular weight is 823 g/mol.